The molecule has 2 aromatic carbocycles. The summed E-state index contributed by atoms with van der Waals surface area (Å²) >= 11 is 9.52. The van der Waals surface area contributed by atoms with Crippen LogP contribution in [0.3, 0.4) is 0 Å². The summed E-state index contributed by atoms with van der Waals surface area (Å²) < 4.78 is 44.0. The number of halogens is 5. The number of fused-ring (bicyclic) bond motifs is 1. The van der Waals surface area contributed by atoms with E-state index in [0.29, 0.717) is 24.1 Å². The van der Waals surface area contributed by atoms with Crippen molar-refractivity contribution in [3.63, 3.8) is 0 Å². The lowest BCUT2D eigenvalue weighted by Gasteiger charge is -2.27. The zero-order valence-corrected chi connectivity index (χ0v) is 21.2. The number of hydrogen-bond donors (Lipinski definition) is 2. The third kappa shape index (κ3) is 4.54. The monoisotopic (exact) mass is 571 g/mol. The molecule has 1 aliphatic heterocycles. The molecule has 0 bridgehead atoms. The first kappa shape index (κ1) is 27.0. The van der Waals surface area contributed by atoms with Crippen molar-refractivity contribution < 1.29 is 27.9 Å². The molecule has 11 heteroatoms. The first-order valence-corrected chi connectivity index (χ1v) is 11.8. The van der Waals surface area contributed by atoms with Crippen LogP contribution in [-0.2, 0) is 16.6 Å². The minimum atomic E-state index is -5.14. The van der Waals surface area contributed by atoms with Gasteiger partial charge in [-0.3, -0.25) is 9.59 Å². The highest BCUT2D eigenvalue weighted by Crippen LogP contribution is 2.53. The van der Waals surface area contributed by atoms with Gasteiger partial charge in [0.2, 0.25) is 5.91 Å². The molecule has 0 spiro atoms. The smallest absolute Gasteiger partial charge is 0.372 e. The van der Waals surface area contributed by atoms with Crippen LogP contribution < -0.4 is 10.6 Å². The van der Waals surface area contributed by atoms with Crippen LogP contribution in [-0.4, -0.2) is 48.0 Å². The van der Waals surface area contributed by atoms with Gasteiger partial charge in [-0.25, -0.2) is 0 Å². The minimum Gasteiger partial charge on any atom is -0.372 e. The van der Waals surface area contributed by atoms with Gasteiger partial charge >= 0.3 is 6.18 Å². The average Bonchev–Trinajstić information content (AvgIpc) is 2.99. The Kier molecular flexibility index (Phi) is 7.58. The number of primary amides is 1. The van der Waals surface area contributed by atoms with Gasteiger partial charge in [-0.05, 0) is 31.3 Å². The second-order valence-electron chi connectivity index (χ2n) is 7.89. The van der Waals surface area contributed by atoms with Crippen molar-refractivity contribution in [3.05, 3.63) is 61.6 Å². The van der Waals surface area contributed by atoms with Crippen LogP contribution in [0.4, 0.5) is 18.9 Å². The van der Waals surface area contributed by atoms with Crippen LogP contribution in [0.1, 0.15) is 46.5 Å². The van der Waals surface area contributed by atoms with Gasteiger partial charge in [-0.1, -0.05) is 53.4 Å². The molecule has 1 heterocycles. The maximum atomic E-state index is 14.5. The summed E-state index contributed by atoms with van der Waals surface area (Å²) in [6.07, 6.45) is 0.247. The van der Waals surface area contributed by atoms with Gasteiger partial charge < -0.3 is 20.6 Å². The van der Waals surface area contributed by atoms with Crippen molar-refractivity contribution in [1.82, 2.24) is 4.90 Å². The van der Waals surface area contributed by atoms with Gasteiger partial charge in [-0.15, -0.1) is 6.42 Å². The Morgan fingerprint density at radius 3 is 2.43 bits per heavy atom. The summed E-state index contributed by atoms with van der Waals surface area (Å²) in [6, 6.07) is 5.10. The topological polar surface area (TPSA) is 86.9 Å². The van der Waals surface area contributed by atoms with Gasteiger partial charge in [-0.2, -0.15) is 13.2 Å². The van der Waals surface area contributed by atoms with Crippen LogP contribution >= 0.6 is 27.5 Å². The molecular weight excluding hydrogens is 551 g/mol. The van der Waals surface area contributed by atoms with Crippen LogP contribution in [0.2, 0.25) is 5.02 Å². The summed E-state index contributed by atoms with van der Waals surface area (Å²) in [7, 11) is 0. The number of rotatable bonds is 7. The van der Waals surface area contributed by atoms with E-state index in [9.17, 15) is 27.9 Å². The van der Waals surface area contributed by atoms with Gasteiger partial charge in [0.1, 0.15) is 0 Å². The molecular formula is C24H22BrClF3N3O3. The number of nitrogens with zero attached hydrogens (tertiary/aromatic N) is 2. The Labute approximate surface area is 214 Å². The van der Waals surface area contributed by atoms with E-state index in [1.807, 2.05) is 24.7 Å². The van der Waals surface area contributed by atoms with Gasteiger partial charge in [0, 0.05) is 39.3 Å². The normalized spacial score (nSPS) is 17.6. The van der Waals surface area contributed by atoms with E-state index in [0.717, 1.165) is 11.0 Å². The number of carbonyl (C=O) groups excluding carboxylic acids is 2. The van der Waals surface area contributed by atoms with Crippen molar-refractivity contribution in [2.75, 3.05) is 31.1 Å². The molecule has 0 fully saturated rings. The summed E-state index contributed by atoms with van der Waals surface area (Å²) in [5.74, 6) is -0.355. The fourth-order valence-corrected chi connectivity index (χ4v) is 5.13. The van der Waals surface area contributed by atoms with Crippen molar-refractivity contribution in [2.45, 2.75) is 25.6 Å². The SMILES string of the molecule is C#Cc1c(C(N)=O)cc2c(c1C(F)(F)F)C(O)(c1ccc(Br)cc1Cl)C(=O)N2CCN(CC)CC. The number of anilines is 1. The Balaban J connectivity index is 2.44. The molecule has 2 amide bonds. The molecule has 1 atom stereocenters. The number of likely N-dealkylation sites (N-methyl/N-ethyl adjacent to an activating group) is 1. The molecule has 3 N–H and O–H groups in total. The van der Waals surface area contributed by atoms with Crippen molar-refractivity contribution in [3.8, 4) is 12.3 Å². The largest absolute Gasteiger partial charge is 0.418 e. The predicted molar refractivity (Wildman–Crippen MR) is 130 cm³/mol. The highest BCUT2D eigenvalue weighted by Gasteiger charge is 2.57. The van der Waals surface area contributed by atoms with E-state index in [1.54, 1.807) is 0 Å². The third-order valence-corrected chi connectivity index (χ3v) is 6.87. The lowest BCUT2D eigenvalue weighted by molar-refractivity contribution is -0.142. The number of alkyl halides is 3. The Hall–Kier alpha value is -2.58. The molecule has 35 heavy (non-hydrogen) atoms. The second-order valence-corrected chi connectivity index (χ2v) is 9.22. The maximum Gasteiger partial charge on any atom is 0.418 e. The van der Waals surface area contributed by atoms with Crippen LogP contribution in [0.5, 0.6) is 0 Å². The van der Waals surface area contributed by atoms with Crippen LogP contribution in [0, 0.1) is 12.3 Å². The summed E-state index contributed by atoms with van der Waals surface area (Å²) in [4.78, 5) is 28.8. The minimum absolute atomic E-state index is 0.0606. The van der Waals surface area contributed by atoms with E-state index < -0.39 is 45.8 Å². The Morgan fingerprint density at radius 1 is 1.31 bits per heavy atom. The number of terminal acetylenes is 1. The van der Waals surface area contributed by atoms with E-state index in [2.05, 4.69) is 15.9 Å². The fourth-order valence-electron chi connectivity index (χ4n) is 4.32. The zero-order valence-electron chi connectivity index (χ0n) is 18.8. The zero-order chi connectivity index (χ0) is 26.3. The van der Waals surface area contributed by atoms with Gasteiger partial charge in [0.25, 0.3) is 5.91 Å². The molecule has 0 saturated carbocycles. The third-order valence-electron chi connectivity index (χ3n) is 6.06. The maximum absolute atomic E-state index is 14.5. The molecule has 3 rings (SSSR count). The summed E-state index contributed by atoms with van der Waals surface area (Å²) in [6.45, 7) is 5.29. The summed E-state index contributed by atoms with van der Waals surface area (Å²) in [5, 5.41) is 11.7. The number of hydrogen-bond acceptors (Lipinski definition) is 4. The summed E-state index contributed by atoms with van der Waals surface area (Å²) in [5.41, 5.74) is -1.70. The number of nitrogens with two attached hydrogens (primary N) is 1. The van der Waals surface area contributed by atoms with E-state index in [4.69, 9.17) is 23.8 Å². The van der Waals surface area contributed by atoms with Crippen LogP contribution in [0.15, 0.2) is 28.7 Å². The van der Waals surface area contributed by atoms with Crippen molar-refractivity contribution >= 4 is 45.0 Å². The van der Waals surface area contributed by atoms with E-state index in [1.165, 1.54) is 18.2 Å². The fraction of sp³-hybridized carbons (Fsp3) is 0.333. The number of carbonyl (C=O) groups is 2. The highest BCUT2D eigenvalue weighted by molar-refractivity contribution is 9.10. The number of aliphatic hydroxyl groups is 1. The van der Waals surface area contributed by atoms with E-state index in [-0.39, 0.29) is 22.8 Å². The van der Waals surface area contributed by atoms with Crippen molar-refractivity contribution in [1.29, 1.82) is 0 Å². The molecule has 2 aromatic rings. The standard InChI is InChI=1S/C24H22BrClF3N3O3/c1-4-14-15(21(30)33)12-18-20(19(14)24(27,28)29)23(35,16-8-7-13(25)11-17(16)26)22(34)32(18)10-9-31(5-2)6-3/h1,7-8,11-12,35H,5-6,9-10H2,2-3H3,(H2,30,33). The average molecular weight is 573 g/mol. The second kappa shape index (κ2) is 9.82. The first-order chi connectivity index (χ1) is 16.3. The Bertz CT molecular complexity index is 1240. The number of amides is 2. The first-order valence-electron chi connectivity index (χ1n) is 10.6. The molecule has 1 aliphatic rings. The van der Waals surface area contributed by atoms with Gasteiger partial charge in [0.15, 0.2) is 5.60 Å². The quantitative estimate of drug-likeness (QED) is 0.489. The predicted octanol–water partition coefficient (Wildman–Crippen LogP) is 4.13. The molecule has 1 unspecified atom stereocenters. The molecule has 0 aliphatic carbocycles. The molecule has 0 radical (unpaired) electrons. The van der Waals surface area contributed by atoms with Crippen molar-refractivity contribution in [2.24, 2.45) is 5.73 Å². The Morgan fingerprint density at radius 2 is 1.94 bits per heavy atom. The molecule has 186 valence electrons. The van der Waals surface area contributed by atoms with Gasteiger partial charge in [0.05, 0.1) is 16.8 Å². The lowest BCUT2D eigenvalue weighted by atomic mass is 9.81. The number of benzene rings is 2. The highest BCUT2D eigenvalue weighted by atomic mass is 79.9. The molecule has 0 saturated heterocycles. The molecule has 0 aromatic heterocycles. The van der Waals surface area contributed by atoms with E-state index >= 15 is 0 Å². The molecule has 6 nitrogen and oxygen atoms in total. The lowest BCUT2D eigenvalue weighted by Crippen LogP contribution is -2.44. The van der Waals surface area contributed by atoms with Crippen LogP contribution in [0.25, 0.3) is 0 Å².